The zero-order valence-electron chi connectivity index (χ0n) is 9.45. The van der Waals surface area contributed by atoms with E-state index < -0.39 is 10.2 Å². The van der Waals surface area contributed by atoms with E-state index in [9.17, 15) is 8.42 Å². The highest BCUT2D eigenvalue weighted by Gasteiger charge is 2.28. The van der Waals surface area contributed by atoms with Crippen LogP contribution in [0.4, 0.5) is 0 Å². The van der Waals surface area contributed by atoms with Gasteiger partial charge in [-0.15, -0.1) is 0 Å². The molecule has 5 nitrogen and oxygen atoms in total. The molecule has 0 radical (unpaired) electrons. The summed E-state index contributed by atoms with van der Waals surface area (Å²) in [5.74, 6) is 0. The minimum Gasteiger partial charge on any atom is -0.244 e. The van der Waals surface area contributed by atoms with Crippen molar-refractivity contribution in [2.45, 2.75) is 39.8 Å². The fourth-order valence-electron chi connectivity index (χ4n) is 1.62. The number of aromatic nitrogens is 2. The van der Waals surface area contributed by atoms with Crippen molar-refractivity contribution in [2.24, 2.45) is 0 Å². The van der Waals surface area contributed by atoms with Crippen molar-refractivity contribution in [1.29, 1.82) is 0 Å². The average molecular weight is 231 g/mol. The number of hydrogen-bond acceptors (Lipinski definition) is 3. The summed E-state index contributed by atoms with van der Waals surface area (Å²) >= 11 is 0. The maximum Gasteiger partial charge on any atom is 0.309 e. The number of imidazole rings is 1. The Labute approximate surface area is 90.9 Å². The lowest BCUT2D eigenvalue weighted by molar-refractivity contribution is 0.299. The van der Waals surface area contributed by atoms with Gasteiger partial charge in [-0.05, 0) is 27.7 Å². The molecule has 86 valence electrons. The van der Waals surface area contributed by atoms with Crippen LogP contribution in [0.25, 0.3) is 0 Å². The van der Waals surface area contributed by atoms with Gasteiger partial charge in [0.15, 0.2) is 0 Å². The molecule has 1 aromatic heterocycles. The molecule has 0 unspecified atom stereocenters. The van der Waals surface area contributed by atoms with Gasteiger partial charge in [0.2, 0.25) is 0 Å². The van der Waals surface area contributed by atoms with Crippen LogP contribution in [0.3, 0.4) is 0 Å². The Morgan fingerprint density at radius 1 is 1.20 bits per heavy atom. The number of rotatable bonds is 4. The Hall–Kier alpha value is -0.880. The van der Waals surface area contributed by atoms with Gasteiger partial charge in [0.25, 0.3) is 0 Å². The molecule has 0 fully saturated rings. The average Bonchev–Trinajstić information content (AvgIpc) is 2.52. The molecule has 0 aromatic carbocycles. The Morgan fingerprint density at radius 2 is 1.73 bits per heavy atom. The minimum absolute atomic E-state index is 0.0719. The summed E-state index contributed by atoms with van der Waals surface area (Å²) in [5.41, 5.74) is 0. The zero-order valence-corrected chi connectivity index (χ0v) is 10.3. The van der Waals surface area contributed by atoms with E-state index in [0.29, 0.717) is 0 Å². The van der Waals surface area contributed by atoms with E-state index in [-0.39, 0.29) is 12.1 Å². The quantitative estimate of drug-likeness (QED) is 0.779. The first kappa shape index (κ1) is 12.2. The van der Waals surface area contributed by atoms with Crippen molar-refractivity contribution in [1.82, 2.24) is 13.3 Å². The van der Waals surface area contributed by atoms with Gasteiger partial charge in [-0.3, -0.25) is 0 Å². The van der Waals surface area contributed by atoms with E-state index in [0.717, 1.165) is 3.97 Å². The first-order valence-corrected chi connectivity index (χ1v) is 6.29. The Bertz CT molecular complexity index is 387. The van der Waals surface area contributed by atoms with Gasteiger partial charge in [0, 0.05) is 24.5 Å². The Kier molecular flexibility index (Phi) is 3.51. The molecule has 6 heteroatoms. The largest absolute Gasteiger partial charge is 0.309 e. The van der Waals surface area contributed by atoms with Gasteiger partial charge in [0.1, 0.15) is 6.33 Å². The summed E-state index contributed by atoms with van der Waals surface area (Å²) in [5, 5.41) is 0. The highest BCUT2D eigenvalue weighted by atomic mass is 32.2. The standard InChI is InChI=1S/C9H17N3O2S/c1-8(2)12(9(3)4)15(13,14)11-6-5-10-7-11/h5-9H,1-4H3. The van der Waals surface area contributed by atoms with Crippen LogP contribution in [0.2, 0.25) is 0 Å². The monoisotopic (exact) mass is 231 g/mol. The van der Waals surface area contributed by atoms with E-state index in [1.807, 2.05) is 27.7 Å². The summed E-state index contributed by atoms with van der Waals surface area (Å²) < 4.78 is 26.8. The molecule has 0 aliphatic carbocycles. The number of hydrogen-bond donors (Lipinski definition) is 0. The van der Waals surface area contributed by atoms with Crippen molar-refractivity contribution in [2.75, 3.05) is 0 Å². The third-order valence-electron chi connectivity index (χ3n) is 2.03. The van der Waals surface area contributed by atoms with Crippen LogP contribution in [-0.2, 0) is 10.2 Å². The van der Waals surface area contributed by atoms with Crippen LogP contribution in [-0.4, -0.2) is 33.8 Å². The molecule has 0 atom stereocenters. The molecule has 15 heavy (non-hydrogen) atoms. The smallest absolute Gasteiger partial charge is 0.244 e. The molecule has 1 rings (SSSR count). The first-order chi connectivity index (χ1) is 6.87. The van der Waals surface area contributed by atoms with Crippen LogP contribution in [0.15, 0.2) is 18.7 Å². The summed E-state index contributed by atoms with van der Waals surface area (Å²) in [6.45, 7) is 7.42. The molecular formula is C9H17N3O2S. The minimum atomic E-state index is -3.47. The predicted octanol–water partition coefficient (Wildman–Crippen LogP) is 1.09. The van der Waals surface area contributed by atoms with Gasteiger partial charge in [-0.2, -0.15) is 12.7 Å². The van der Waals surface area contributed by atoms with E-state index in [2.05, 4.69) is 4.98 Å². The van der Waals surface area contributed by atoms with Gasteiger partial charge in [0.05, 0.1) is 0 Å². The normalized spacial score (nSPS) is 13.0. The van der Waals surface area contributed by atoms with Crippen molar-refractivity contribution >= 4 is 10.2 Å². The number of nitrogens with zero attached hydrogens (tertiary/aromatic N) is 3. The SMILES string of the molecule is CC(C)N(C(C)C)S(=O)(=O)n1ccnc1. The van der Waals surface area contributed by atoms with Crippen LogP contribution in [0.1, 0.15) is 27.7 Å². The lowest BCUT2D eigenvalue weighted by Gasteiger charge is -2.29. The van der Waals surface area contributed by atoms with Crippen molar-refractivity contribution < 1.29 is 8.42 Å². The second-order valence-electron chi connectivity index (χ2n) is 3.92. The maximum absolute atomic E-state index is 12.1. The molecule has 0 saturated heterocycles. The first-order valence-electron chi connectivity index (χ1n) is 4.89. The topological polar surface area (TPSA) is 55.2 Å². The van der Waals surface area contributed by atoms with E-state index >= 15 is 0 Å². The van der Waals surface area contributed by atoms with E-state index in [4.69, 9.17) is 0 Å². The fourth-order valence-corrected chi connectivity index (χ4v) is 3.29. The summed E-state index contributed by atoms with van der Waals surface area (Å²) in [6, 6.07) is -0.144. The second kappa shape index (κ2) is 4.32. The molecule has 0 aliphatic heterocycles. The van der Waals surface area contributed by atoms with Crippen molar-refractivity contribution in [3.8, 4) is 0 Å². The lowest BCUT2D eigenvalue weighted by atomic mass is 10.3. The van der Waals surface area contributed by atoms with Gasteiger partial charge in [-0.1, -0.05) is 0 Å². The van der Waals surface area contributed by atoms with Crippen molar-refractivity contribution in [3.63, 3.8) is 0 Å². The van der Waals surface area contributed by atoms with Crippen LogP contribution in [0.5, 0.6) is 0 Å². The molecule has 0 bridgehead atoms. The van der Waals surface area contributed by atoms with Crippen LogP contribution in [0, 0.1) is 0 Å². The predicted molar refractivity (Wildman–Crippen MR) is 58.7 cm³/mol. The summed E-state index contributed by atoms with van der Waals surface area (Å²) in [6.07, 6.45) is 4.19. The summed E-state index contributed by atoms with van der Waals surface area (Å²) in [4.78, 5) is 3.75. The molecule has 0 N–H and O–H groups in total. The zero-order chi connectivity index (χ0) is 11.6. The molecule has 0 spiro atoms. The lowest BCUT2D eigenvalue weighted by Crippen LogP contribution is -2.44. The molecule has 0 amide bonds. The Balaban J connectivity index is 3.14. The van der Waals surface area contributed by atoms with Crippen molar-refractivity contribution in [3.05, 3.63) is 18.7 Å². The van der Waals surface area contributed by atoms with Crippen LogP contribution < -0.4 is 0 Å². The molecule has 0 aliphatic rings. The fraction of sp³-hybridized carbons (Fsp3) is 0.667. The molecule has 1 aromatic rings. The highest BCUT2D eigenvalue weighted by molar-refractivity contribution is 7.87. The molecular weight excluding hydrogens is 214 g/mol. The van der Waals surface area contributed by atoms with Gasteiger partial charge >= 0.3 is 10.2 Å². The second-order valence-corrected chi connectivity index (χ2v) is 5.66. The van der Waals surface area contributed by atoms with E-state index in [1.54, 1.807) is 0 Å². The van der Waals surface area contributed by atoms with Gasteiger partial charge in [-0.25, -0.2) is 8.96 Å². The van der Waals surface area contributed by atoms with Crippen LogP contribution >= 0.6 is 0 Å². The third-order valence-corrected chi connectivity index (χ3v) is 4.16. The highest BCUT2D eigenvalue weighted by Crippen LogP contribution is 2.13. The van der Waals surface area contributed by atoms with Gasteiger partial charge < -0.3 is 0 Å². The third kappa shape index (κ3) is 2.38. The molecule has 1 heterocycles. The summed E-state index contributed by atoms with van der Waals surface area (Å²) in [7, 11) is -3.47. The van der Waals surface area contributed by atoms with E-state index in [1.165, 1.54) is 23.0 Å². The molecule has 0 saturated carbocycles. The Morgan fingerprint density at radius 3 is 2.07 bits per heavy atom. The maximum atomic E-state index is 12.1.